The molecule has 31 heavy (non-hydrogen) atoms. The standard InChI is InChI=1S/C27H28N2OSi/c1-31(2,3)20-19-24-25(26(30)28-24)29-27(21-13-7-4-8-14-21,22-15-9-5-10-16-22)23-17-11-6-12-18-23/h4-18,24-25,29H,1-3H3,(H,28,30)/t24-,25-/m0/s1. The second kappa shape index (κ2) is 8.54. The predicted octanol–water partition coefficient (Wildman–Crippen LogP) is 4.32. The summed E-state index contributed by atoms with van der Waals surface area (Å²) < 4.78 is 0. The van der Waals surface area contributed by atoms with Crippen molar-refractivity contribution in [1.29, 1.82) is 0 Å². The van der Waals surface area contributed by atoms with Gasteiger partial charge >= 0.3 is 0 Å². The Balaban J connectivity index is 1.86. The Kier molecular flexibility index (Phi) is 5.82. The molecule has 4 heteroatoms. The fourth-order valence-corrected chi connectivity index (χ4v) is 4.58. The zero-order valence-electron chi connectivity index (χ0n) is 18.2. The Morgan fingerprint density at radius 1 is 0.774 bits per heavy atom. The molecule has 0 saturated carbocycles. The van der Waals surface area contributed by atoms with E-state index >= 15 is 0 Å². The SMILES string of the molecule is C[Si](C)(C)C#C[C@@H]1NC(=O)[C@H]1NC(c1ccccc1)(c1ccccc1)c1ccccc1. The van der Waals surface area contributed by atoms with Crippen LogP contribution in [-0.2, 0) is 10.3 Å². The van der Waals surface area contributed by atoms with Crippen LogP contribution in [0.15, 0.2) is 91.0 Å². The Morgan fingerprint density at radius 3 is 1.55 bits per heavy atom. The first-order chi connectivity index (χ1) is 14.9. The first kappa shape index (κ1) is 21.1. The molecule has 4 rings (SSSR count). The van der Waals surface area contributed by atoms with Crippen molar-refractivity contribution < 1.29 is 4.79 Å². The molecule has 2 N–H and O–H groups in total. The molecule has 1 aliphatic heterocycles. The van der Waals surface area contributed by atoms with E-state index in [1.54, 1.807) is 0 Å². The van der Waals surface area contributed by atoms with Crippen LogP contribution >= 0.6 is 0 Å². The van der Waals surface area contributed by atoms with Gasteiger partial charge < -0.3 is 5.32 Å². The first-order valence-electron chi connectivity index (χ1n) is 10.7. The van der Waals surface area contributed by atoms with E-state index in [0.717, 1.165) is 16.7 Å². The minimum absolute atomic E-state index is 0.0120. The summed E-state index contributed by atoms with van der Waals surface area (Å²) in [6.07, 6.45) is 0. The lowest BCUT2D eigenvalue weighted by atomic mass is 9.75. The molecule has 1 heterocycles. The van der Waals surface area contributed by atoms with Gasteiger partial charge in [-0.15, -0.1) is 5.54 Å². The largest absolute Gasteiger partial charge is 0.339 e. The summed E-state index contributed by atoms with van der Waals surface area (Å²) in [5.41, 5.74) is 6.00. The van der Waals surface area contributed by atoms with Crippen molar-refractivity contribution in [2.24, 2.45) is 0 Å². The number of nitrogens with one attached hydrogen (secondary N) is 2. The summed E-state index contributed by atoms with van der Waals surface area (Å²) in [4.78, 5) is 12.7. The van der Waals surface area contributed by atoms with E-state index in [9.17, 15) is 4.79 Å². The molecule has 0 unspecified atom stereocenters. The van der Waals surface area contributed by atoms with Gasteiger partial charge in [0.15, 0.2) is 0 Å². The molecule has 0 aromatic heterocycles. The molecule has 0 radical (unpaired) electrons. The van der Waals surface area contributed by atoms with Crippen molar-refractivity contribution >= 4 is 14.0 Å². The third-order valence-corrected chi connectivity index (χ3v) is 6.40. The van der Waals surface area contributed by atoms with Gasteiger partial charge in [-0.1, -0.05) is 117 Å². The maximum atomic E-state index is 12.7. The lowest BCUT2D eigenvalue weighted by Gasteiger charge is -2.44. The quantitative estimate of drug-likeness (QED) is 0.277. The van der Waals surface area contributed by atoms with Crippen molar-refractivity contribution in [1.82, 2.24) is 10.6 Å². The van der Waals surface area contributed by atoms with Gasteiger partial charge in [0.25, 0.3) is 0 Å². The summed E-state index contributed by atoms with van der Waals surface area (Å²) in [5, 5.41) is 6.74. The molecule has 0 aliphatic carbocycles. The molecule has 0 spiro atoms. The number of amides is 1. The second-order valence-electron chi connectivity index (χ2n) is 8.98. The molecule has 3 nitrogen and oxygen atoms in total. The van der Waals surface area contributed by atoms with Crippen molar-refractivity contribution in [3.05, 3.63) is 108 Å². The number of β-lactam (4-membered cyclic amide) rings is 1. The smallest absolute Gasteiger partial charge is 0.241 e. The summed E-state index contributed by atoms with van der Waals surface area (Å²) in [6.45, 7) is 6.64. The van der Waals surface area contributed by atoms with Gasteiger partial charge in [-0.25, -0.2) is 0 Å². The van der Waals surface area contributed by atoms with Crippen LogP contribution in [0, 0.1) is 11.5 Å². The molecule has 3 aromatic carbocycles. The molecule has 156 valence electrons. The minimum Gasteiger partial charge on any atom is -0.339 e. The van der Waals surface area contributed by atoms with Gasteiger partial charge in [0.05, 0.1) is 5.54 Å². The normalized spacial score (nSPS) is 18.4. The number of hydrogen-bond donors (Lipinski definition) is 2. The lowest BCUT2D eigenvalue weighted by molar-refractivity contribution is -0.130. The van der Waals surface area contributed by atoms with Crippen LogP contribution in [0.4, 0.5) is 0 Å². The molecule has 1 fully saturated rings. The molecule has 1 aliphatic rings. The van der Waals surface area contributed by atoms with Gasteiger partial charge in [0.2, 0.25) is 5.91 Å². The van der Waals surface area contributed by atoms with E-state index in [1.165, 1.54) is 0 Å². The fourth-order valence-electron chi connectivity index (χ4n) is 3.99. The molecule has 1 amide bonds. The summed E-state index contributed by atoms with van der Waals surface area (Å²) in [5.74, 6) is 3.32. The highest BCUT2D eigenvalue weighted by Gasteiger charge is 2.46. The first-order valence-corrected chi connectivity index (χ1v) is 14.2. The topological polar surface area (TPSA) is 41.1 Å². The maximum Gasteiger partial charge on any atom is 0.241 e. The third kappa shape index (κ3) is 4.34. The van der Waals surface area contributed by atoms with Crippen LogP contribution in [0.25, 0.3) is 0 Å². The maximum absolute atomic E-state index is 12.7. The molecule has 2 atom stereocenters. The van der Waals surface area contributed by atoms with Crippen LogP contribution < -0.4 is 10.6 Å². The zero-order chi connectivity index (χ0) is 21.9. The Morgan fingerprint density at radius 2 is 1.19 bits per heavy atom. The van der Waals surface area contributed by atoms with Gasteiger partial charge in [-0.3, -0.25) is 10.1 Å². The molecule has 1 saturated heterocycles. The van der Waals surface area contributed by atoms with Crippen LogP contribution in [-0.4, -0.2) is 26.1 Å². The zero-order valence-corrected chi connectivity index (χ0v) is 19.2. The van der Waals surface area contributed by atoms with Crippen molar-refractivity contribution in [2.75, 3.05) is 0 Å². The Bertz CT molecular complexity index is 999. The van der Waals surface area contributed by atoms with E-state index in [-0.39, 0.29) is 11.9 Å². The highest BCUT2D eigenvalue weighted by molar-refractivity contribution is 6.83. The monoisotopic (exact) mass is 424 g/mol. The number of hydrogen-bond acceptors (Lipinski definition) is 2. The second-order valence-corrected chi connectivity index (χ2v) is 13.7. The van der Waals surface area contributed by atoms with E-state index in [0.29, 0.717) is 0 Å². The highest BCUT2D eigenvalue weighted by Crippen LogP contribution is 2.38. The number of benzene rings is 3. The van der Waals surface area contributed by atoms with Gasteiger partial charge in [0, 0.05) is 0 Å². The summed E-state index contributed by atoms with van der Waals surface area (Å²) in [7, 11) is -1.54. The van der Waals surface area contributed by atoms with E-state index in [2.05, 4.69) is 78.1 Å². The highest BCUT2D eigenvalue weighted by atomic mass is 28.3. The lowest BCUT2D eigenvalue weighted by Crippen LogP contribution is -2.71. The average Bonchev–Trinajstić information content (AvgIpc) is 2.78. The Hall–Kier alpha value is -3.13. The van der Waals surface area contributed by atoms with Gasteiger partial charge in [-0.2, -0.15) is 0 Å². The van der Waals surface area contributed by atoms with Crippen LogP contribution in [0.1, 0.15) is 16.7 Å². The molecule has 3 aromatic rings. The van der Waals surface area contributed by atoms with Gasteiger partial charge in [0.1, 0.15) is 20.2 Å². The van der Waals surface area contributed by atoms with E-state index in [1.807, 2.05) is 54.6 Å². The van der Waals surface area contributed by atoms with Crippen LogP contribution in [0.2, 0.25) is 19.6 Å². The van der Waals surface area contributed by atoms with Crippen LogP contribution in [0.5, 0.6) is 0 Å². The van der Waals surface area contributed by atoms with Crippen molar-refractivity contribution in [3.8, 4) is 11.5 Å². The fraction of sp³-hybridized carbons (Fsp3) is 0.222. The summed E-state index contributed by atoms with van der Waals surface area (Å²) >= 11 is 0. The molecule has 0 bridgehead atoms. The third-order valence-electron chi connectivity index (χ3n) is 5.51. The Labute approximate surface area is 185 Å². The predicted molar refractivity (Wildman–Crippen MR) is 129 cm³/mol. The van der Waals surface area contributed by atoms with Crippen molar-refractivity contribution in [2.45, 2.75) is 37.3 Å². The summed E-state index contributed by atoms with van der Waals surface area (Å²) in [6, 6.07) is 30.4. The number of carbonyl (C=O) groups is 1. The average molecular weight is 425 g/mol. The molecular weight excluding hydrogens is 396 g/mol. The number of carbonyl (C=O) groups excluding carboxylic acids is 1. The van der Waals surface area contributed by atoms with E-state index in [4.69, 9.17) is 0 Å². The van der Waals surface area contributed by atoms with Gasteiger partial charge in [-0.05, 0) is 16.7 Å². The minimum atomic E-state index is -1.54. The van der Waals surface area contributed by atoms with Crippen molar-refractivity contribution in [3.63, 3.8) is 0 Å². The van der Waals surface area contributed by atoms with Crippen LogP contribution in [0.3, 0.4) is 0 Å². The number of rotatable bonds is 5. The molecular formula is C27H28N2OSi. The van der Waals surface area contributed by atoms with E-state index < -0.39 is 19.7 Å².